The molecule has 1 unspecified atom stereocenters. The Morgan fingerprint density at radius 2 is 1.90 bits per heavy atom. The van der Waals surface area contributed by atoms with E-state index in [0.29, 0.717) is 21.7 Å². The minimum absolute atomic E-state index is 0.401. The predicted octanol–water partition coefficient (Wildman–Crippen LogP) is 3.58. The molecule has 3 rings (SSSR count). The number of hydrogen-bond acceptors (Lipinski definition) is 4. The van der Waals surface area contributed by atoms with E-state index in [9.17, 15) is 9.90 Å². The molecule has 1 aromatic heterocycles. The van der Waals surface area contributed by atoms with Crippen molar-refractivity contribution in [3.05, 3.63) is 57.2 Å². The van der Waals surface area contributed by atoms with E-state index in [-0.39, 0.29) is 0 Å². The SMILES string of the molecule is CC1(O)OC(=O)C(c2ccsc2)=C1c1ccc(Cl)cc1. The normalized spacial score (nSPS) is 22.2. The molecule has 0 aliphatic carbocycles. The van der Waals surface area contributed by atoms with Gasteiger partial charge in [-0.05, 0) is 34.5 Å². The molecule has 1 N–H and O–H groups in total. The molecule has 5 heteroatoms. The van der Waals surface area contributed by atoms with Gasteiger partial charge in [0.1, 0.15) is 0 Å². The number of thiophene rings is 1. The standard InChI is InChI=1S/C15H11ClO3S/c1-15(18)13(9-2-4-11(16)5-3-9)12(14(17)19-15)10-6-7-20-8-10/h2-8,18H,1H3. The quantitative estimate of drug-likeness (QED) is 0.863. The van der Waals surface area contributed by atoms with Crippen LogP contribution in [0.2, 0.25) is 5.02 Å². The largest absolute Gasteiger partial charge is 0.425 e. The molecule has 0 saturated heterocycles. The van der Waals surface area contributed by atoms with Crippen LogP contribution in [-0.4, -0.2) is 16.9 Å². The van der Waals surface area contributed by atoms with Crippen LogP contribution < -0.4 is 0 Å². The number of esters is 1. The molecule has 2 aromatic rings. The maximum absolute atomic E-state index is 12.1. The minimum atomic E-state index is -1.64. The molecule has 20 heavy (non-hydrogen) atoms. The molecule has 1 aliphatic heterocycles. The van der Waals surface area contributed by atoms with E-state index in [1.54, 1.807) is 24.3 Å². The summed E-state index contributed by atoms with van der Waals surface area (Å²) in [6, 6.07) is 8.79. The van der Waals surface area contributed by atoms with Gasteiger partial charge in [0, 0.05) is 23.1 Å². The number of ether oxygens (including phenoxy) is 1. The maximum atomic E-state index is 12.1. The van der Waals surface area contributed by atoms with Crippen molar-refractivity contribution in [2.45, 2.75) is 12.7 Å². The number of cyclic esters (lactones) is 1. The summed E-state index contributed by atoms with van der Waals surface area (Å²) in [5.74, 6) is -2.15. The number of carbonyl (C=O) groups excluding carboxylic acids is 1. The first-order valence-corrected chi connectivity index (χ1v) is 7.30. The Balaban J connectivity index is 2.24. The maximum Gasteiger partial charge on any atom is 0.342 e. The van der Waals surface area contributed by atoms with Gasteiger partial charge in [-0.3, -0.25) is 0 Å². The Bertz CT molecular complexity index is 684. The predicted molar refractivity (Wildman–Crippen MR) is 79.3 cm³/mol. The number of benzene rings is 1. The van der Waals surface area contributed by atoms with Crippen molar-refractivity contribution in [2.24, 2.45) is 0 Å². The summed E-state index contributed by atoms with van der Waals surface area (Å²) in [6.45, 7) is 1.47. The molecule has 1 atom stereocenters. The van der Waals surface area contributed by atoms with Crippen molar-refractivity contribution < 1.29 is 14.6 Å². The lowest BCUT2D eigenvalue weighted by atomic mass is 9.93. The Labute approximate surface area is 125 Å². The molecule has 0 amide bonds. The third-order valence-corrected chi connectivity index (χ3v) is 4.09. The van der Waals surface area contributed by atoms with Gasteiger partial charge in [0.2, 0.25) is 5.79 Å². The average Bonchev–Trinajstić information content (AvgIpc) is 2.96. The zero-order valence-corrected chi connectivity index (χ0v) is 12.2. The third-order valence-electron chi connectivity index (χ3n) is 3.15. The Kier molecular flexibility index (Phi) is 3.17. The highest BCUT2D eigenvalue weighted by Crippen LogP contribution is 2.42. The fourth-order valence-corrected chi connectivity index (χ4v) is 3.09. The van der Waals surface area contributed by atoms with Crippen molar-refractivity contribution in [3.8, 4) is 0 Å². The van der Waals surface area contributed by atoms with Gasteiger partial charge in [-0.2, -0.15) is 11.3 Å². The molecule has 0 radical (unpaired) electrons. The monoisotopic (exact) mass is 306 g/mol. The summed E-state index contributed by atoms with van der Waals surface area (Å²) in [5, 5.41) is 14.7. The molecule has 0 spiro atoms. The van der Waals surface area contributed by atoms with Crippen molar-refractivity contribution in [3.63, 3.8) is 0 Å². The van der Waals surface area contributed by atoms with E-state index in [1.165, 1.54) is 18.3 Å². The van der Waals surface area contributed by atoms with Crippen LogP contribution in [-0.2, 0) is 9.53 Å². The van der Waals surface area contributed by atoms with E-state index < -0.39 is 11.8 Å². The van der Waals surface area contributed by atoms with Crippen molar-refractivity contribution in [1.82, 2.24) is 0 Å². The van der Waals surface area contributed by atoms with Crippen LogP contribution in [0.15, 0.2) is 41.1 Å². The van der Waals surface area contributed by atoms with Crippen molar-refractivity contribution in [1.29, 1.82) is 0 Å². The van der Waals surface area contributed by atoms with Crippen molar-refractivity contribution in [2.75, 3.05) is 0 Å². The second-order valence-corrected chi connectivity index (χ2v) is 5.86. The van der Waals surface area contributed by atoms with Gasteiger partial charge < -0.3 is 9.84 Å². The lowest BCUT2D eigenvalue weighted by Gasteiger charge is -2.19. The summed E-state index contributed by atoms with van der Waals surface area (Å²) < 4.78 is 5.10. The van der Waals surface area contributed by atoms with Gasteiger partial charge in [-0.1, -0.05) is 23.7 Å². The highest BCUT2D eigenvalue weighted by Gasteiger charge is 2.43. The molecular weight excluding hydrogens is 296 g/mol. The van der Waals surface area contributed by atoms with Gasteiger partial charge in [-0.25, -0.2) is 4.79 Å². The summed E-state index contributed by atoms with van der Waals surface area (Å²) in [7, 11) is 0. The van der Waals surface area contributed by atoms with Gasteiger partial charge in [0.25, 0.3) is 0 Å². The van der Waals surface area contributed by atoms with Crippen LogP contribution in [0, 0.1) is 0 Å². The molecule has 1 aliphatic rings. The molecule has 3 nitrogen and oxygen atoms in total. The van der Waals surface area contributed by atoms with Gasteiger partial charge in [0.15, 0.2) is 0 Å². The Morgan fingerprint density at radius 1 is 1.20 bits per heavy atom. The number of carbonyl (C=O) groups is 1. The summed E-state index contributed by atoms with van der Waals surface area (Å²) in [6.07, 6.45) is 0. The molecule has 1 aromatic carbocycles. The molecule has 0 fully saturated rings. The minimum Gasteiger partial charge on any atom is -0.425 e. The second kappa shape index (κ2) is 4.74. The topological polar surface area (TPSA) is 46.5 Å². The first-order chi connectivity index (χ1) is 9.49. The Hall–Kier alpha value is -1.62. The van der Waals surface area contributed by atoms with Crippen LogP contribution in [0.4, 0.5) is 0 Å². The highest BCUT2D eigenvalue weighted by atomic mass is 35.5. The van der Waals surface area contributed by atoms with E-state index in [2.05, 4.69) is 0 Å². The first kappa shape index (κ1) is 13.4. The van der Waals surface area contributed by atoms with E-state index in [4.69, 9.17) is 16.3 Å². The van der Waals surface area contributed by atoms with Gasteiger partial charge in [-0.15, -0.1) is 0 Å². The van der Waals surface area contributed by atoms with Crippen LogP contribution in [0.25, 0.3) is 11.1 Å². The highest BCUT2D eigenvalue weighted by molar-refractivity contribution is 7.08. The molecular formula is C15H11ClO3S. The lowest BCUT2D eigenvalue weighted by molar-refractivity contribution is -0.169. The number of rotatable bonds is 2. The van der Waals surface area contributed by atoms with Crippen LogP contribution in [0.3, 0.4) is 0 Å². The van der Waals surface area contributed by atoms with Crippen LogP contribution >= 0.6 is 22.9 Å². The zero-order chi connectivity index (χ0) is 14.3. The third kappa shape index (κ3) is 2.16. The zero-order valence-electron chi connectivity index (χ0n) is 10.6. The first-order valence-electron chi connectivity index (χ1n) is 5.98. The summed E-state index contributed by atoms with van der Waals surface area (Å²) in [4.78, 5) is 12.1. The smallest absolute Gasteiger partial charge is 0.342 e. The number of aliphatic hydroxyl groups is 1. The lowest BCUT2D eigenvalue weighted by Crippen LogP contribution is -2.26. The molecule has 2 heterocycles. The molecule has 0 saturated carbocycles. The Morgan fingerprint density at radius 3 is 2.50 bits per heavy atom. The average molecular weight is 307 g/mol. The summed E-state index contributed by atoms with van der Waals surface area (Å²) >= 11 is 7.36. The van der Waals surface area contributed by atoms with Crippen LogP contribution in [0.1, 0.15) is 18.1 Å². The van der Waals surface area contributed by atoms with E-state index in [0.717, 1.165) is 5.56 Å². The molecule has 102 valence electrons. The summed E-state index contributed by atoms with van der Waals surface area (Å²) in [5.41, 5.74) is 2.34. The van der Waals surface area contributed by atoms with Crippen molar-refractivity contribution >= 4 is 40.1 Å². The molecule has 0 bridgehead atoms. The van der Waals surface area contributed by atoms with E-state index >= 15 is 0 Å². The number of hydrogen-bond donors (Lipinski definition) is 1. The van der Waals surface area contributed by atoms with Gasteiger partial charge in [0.05, 0.1) is 5.57 Å². The van der Waals surface area contributed by atoms with E-state index in [1.807, 2.05) is 16.8 Å². The van der Waals surface area contributed by atoms with Gasteiger partial charge >= 0.3 is 5.97 Å². The fourth-order valence-electron chi connectivity index (χ4n) is 2.31. The second-order valence-electron chi connectivity index (χ2n) is 4.64. The number of halogens is 1. The fraction of sp³-hybridized carbons (Fsp3) is 0.133. The van der Waals surface area contributed by atoms with Crippen LogP contribution in [0.5, 0.6) is 0 Å².